The Morgan fingerprint density at radius 3 is 2.43 bits per heavy atom. The van der Waals surface area contributed by atoms with Gasteiger partial charge in [0.2, 0.25) is 10.0 Å². The van der Waals surface area contributed by atoms with Crippen LogP contribution in [0.5, 0.6) is 0 Å². The molecule has 9 heteroatoms. The first kappa shape index (κ1) is 25.6. The molecule has 1 N–H and O–H groups in total. The predicted molar refractivity (Wildman–Crippen MR) is 141 cm³/mol. The highest BCUT2D eigenvalue weighted by Gasteiger charge is 2.28. The van der Waals surface area contributed by atoms with E-state index in [2.05, 4.69) is 21.2 Å². The lowest BCUT2D eigenvalue weighted by molar-refractivity contribution is 0.102. The van der Waals surface area contributed by atoms with Crippen molar-refractivity contribution in [3.05, 3.63) is 92.9 Å². The number of hydrogen-bond acceptors (Lipinski definition) is 4. The summed E-state index contributed by atoms with van der Waals surface area (Å²) in [5.74, 6) is -0.474. The summed E-state index contributed by atoms with van der Waals surface area (Å²) in [6.45, 7) is 3.04. The number of halogens is 2. The van der Waals surface area contributed by atoms with Crippen molar-refractivity contribution in [1.29, 1.82) is 0 Å². The van der Waals surface area contributed by atoms with Crippen LogP contribution < -0.4 is 5.32 Å². The zero-order valence-corrected chi connectivity index (χ0v) is 22.2. The van der Waals surface area contributed by atoms with Gasteiger partial charge in [-0.05, 0) is 73.4 Å². The Labute approximate surface area is 218 Å². The van der Waals surface area contributed by atoms with Crippen LogP contribution in [0.25, 0.3) is 0 Å². The van der Waals surface area contributed by atoms with Gasteiger partial charge in [0.15, 0.2) is 5.78 Å². The van der Waals surface area contributed by atoms with Gasteiger partial charge in [-0.15, -0.1) is 0 Å². The number of piperidine rings is 1. The Morgan fingerprint density at radius 1 is 1.03 bits per heavy atom. The minimum absolute atomic E-state index is 0.154. The molecule has 0 saturated carbocycles. The smallest absolute Gasteiger partial charge is 0.255 e. The van der Waals surface area contributed by atoms with Crippen molar-refractivity contribution in [3.8, 4) is 0 Å². The highest BCUT2D eigenvalue weighted by molar-refractivity contribution is 9.10. The molecule has 1 heterocycles. The molecular formula is C26H24BrClN2O4S. The maximum absolute atomic E-state index is 13.2. The summed E-state index contributed by atoms with van der Waals surface area (Å²) >= 11 is 9.58. The predicted octanol–water partition coefficient (Wildman–Crippen LogP) is 6.01. The monoisotopic (exact) mass is 574 g/mol. The normalized spacial score (nSPS) is 16.6. The minimum Gasteiger partial charge on any atom is -0.321 e. The Morgan fingerprint density at radius 2 is 1.74 bits per heavy atom. The highest BCUT2D eigenvalue weighted by Crippen LogP contribution is 2.28. The van der Waals surface area contributed by atoms with Crippen molar-refractivity contribution in [2.45, 2.75) is 24.7 Å². The maximum atomic E-state index is 13.2. The van der Waals surface area contributed by atoms with Crippen LogP contribution in [-0.2, 0) is 10.0 Å². The number of nitrogens with zero attached hydrogens (tertiary/aromatic N) is 1. The number of ketones is 1. The number of carbonyl (C=O) groups is 2. The van der Waals surface area contributed by atoms with E-state index < -0.39 is 15.9 Å². The topological polar surface area (TPSA) is 83.6 Å². The van der Waals surface area contributed by atoms with Crippen molar-refractivity contribution >= 4 is 54.9 Å². The van der Waals surface area contributed by atoms with Crippen LogP contribution in [0.15, 0.2) is 76.1 Å². The van der Waals surface area contributed by atoms with Gasteiger partial charge < -0.3 is 5.32 Å². The van der Waals surface area contributed by atoms with Gasteiger partial charge in [0.05, 0.1) is 15.6 Å². The molecule has 1 amide bonds. The molecule has 0 bridgehead atoms. The molecule has 1 atom stereocenters. The first-order chi connectivity index (χ1) is 16.7. The summed E-state index contributed by atoms with van der Waals surface area (Å²) < 4.78 is 28.2. The molecule has 35 heavy (non-hydrogen) atoms. The summed E-state index contributed by atoms with van der Waals surface area (Å²) in [6.07, 6.45) is 1.85. The lowest BCUT2D eigenvalue weighted by Crippen LogP contribution is -2.39. The third-order valence-corrected chi connectivity index (χ3v) is 8.67. The Kier molecular flexibility index (Phi) is 7.76. The molecule has 0 spiro atoms. The SMILES string of the molecule is CC1CCCN(S(=O)(=O)c2ccc(C(=O)Nc3ccc(Br)cc3C(=O)c3ccccc3Cl)cc2)C1. The van der Waals surface area contributed by atoms with E-state index in [9.17, 15) is 18.0 Å². The van der Waals surface area contributed by atoms with Gasteiger partial charge in [-0.25, -0.2) is 8.42 Å². The lowest BCUT2D eigenvalue weighted by Gasteiger charge is -2.30. The molecular weight excluding hydrogens is 552 g/mol. The standard InChI is InChI=1S/C26H24BrClN2O4S/c1-17-5-4-14-30(16-17)35(33,34)20-11-8-18(9-12-20)26(32)29-24-13-10-19(27)15-22(24)25(31)21-6-2-3-7-23(21)28/h2-3,6-13,15,17H,4-5,14,16H2,1H3,(H,29,32). The van der Waals surface area contributed by atoms with Crippen molar-refractivity contribution in [2.24, 2.45) is 5.92 Å². The molecule has 0 aliphatic carbocycles. The van der Waals surface area contributed by atoms with Gasteiger partial charge in [-0.3, -0.25) is 9.59 Å². The van der Waals surface area contributed by atoms with Crippen LogP contribution >= 0.6 is 27.5 Å². The molecule has 0 aromatic heterocycles. The fourth-order valence-corrected chi connectivity index (χ4v) is 6.27. The molecule has 182 valence electrons. The summed E-state index contributed by atoms with van der Waals surface area (Å²) in [4.78, 5) is 26.3. The van der Waals surface area contributed by atoms with Crippen molar-refractivity contribution in [3.63, 3.8) is 0 Å². The first-order valence-corrected chi connectivity index (χ1v) is 13.8. The molecule has 3 aromatic carbocycles. The third kappa shape index (κ3) is 5.67. The van der Waals surface area contributed by atoms with Crippen molar-refractivity contribution < 1.29 is 18.0 Å². The van der Waals surface area contributed by atoms with Gasteiger partial charge in [-0.1, -0.05) is 46.6 Å². The molecule has 1 unspecified atom stereocenters. The van der Waals surface area contributed by atoms with Crippen molar-refractivity contribution in [1.82, 2.24) is 4.31 Å². The number of hydrogen-bond donors (Lipinski definition) is 1. The zero-order valence-electron chi connectivity index (χ0n) is 19.0. The van der Waals surface area contributed by atoms with Crippen LogP contribution in [0.3, 0.4) is 0 Å². The minimum atomic E-state index is -3.61. The van der Waals surface area contributed by atoms with Crippen molar-refractivity contribution in [2.75, 3.05) is 18.4 Å². The van der Waals surface area contributed by atoms with E-state index in [1.54, 1.807) is 42.5 Å². The van der Waals surface area contributed by atoms with Gasteiger partial charge >= 0.3 is 0 Å². The number of rotatable bonds is 6. The number of sulfonamides is 1. The number of carbonyl (C=O) groups excluding carboxylic acids is 2. The van der Waals surface area contributed by atoms with Gasteiger partial charge in [-0.2, -0.15) is 4.31 Å². The largest absolute Gasteiger partial charge is 0.321 e. The lowest BCUT2D eigenvalue weighted by atomic mass is 10.0. The van der Waals surface area contributed by atoms with E-state index in [4.69, 9.17) is 11.6 Å². The fraction of sp³-hybridized carbons (Fsp3) is 0.231. The van der Waals surface area contributed by atoms with Crippen LogP contribution in [-0.4, -0.2) is 37.5 Å². The first-order valence-electron chi connectivity index (χ1n) is 11.2. The third-order valence-electron chi connectivity index (χ3n) is 5.97. The molecule has 1 fully saturated rings. The van der Waals surface area contributed by atoms with E-state index >= 15 is 0 Å². The molecule has 1 aliphatic rings. The Hall–Kier alpha value is -2.52. The van der Waals surface area contributed by atoms with Gasteiger partial charge in [0.25, 0.3) is 5.91 Å². The molecule has 4 rings (SSSR count). The Balaban J connectivity index is 1.56. The summed E-state index contributed by atoms with van der Waals surface area (Å²) in [7, 11) is -3.61. The number of amides is 1. The number of nitrogens with one attached hydrogen (secondary N) is 1. The summed E-state index contributed by atoms with van der Waals surface area (Å²) in [5, 5.41) is 3.08. The van der Waals surface area contributed by atoms with Gasteiger partial charge in [0, 0.05) is 34.3 Å². The van der Waals surface area contributed by atoms with Crippen LogP contribution in [0.4, 0.5) is 5.69 Å². The maximum Gasteiger partial charge on any atom is 0.255 e. The van der Waals surface area contributed by atoms with E-state index in [1.165, 1.54) is 28.6 Å². The van der Waals surface area contributed by atoms with E-state index in [1.807, 2.05) is 6.92 Å². The average Bonchev–Trinajstić information content (AvgIpc) is 2.85. The highest BCUT2D eigenvalue weighted by atomic mass is 79.9. The Bertz CT molecular complexity index is 1380. The quantitative estimate of drug-likeness (QED) is 0.365. The second-order valence-electron chi connectivity index (χ2n) is 8.59. The number of benzene rings is 3. The summed E-state index contributed by atoms with van der Waals surface area (Å²) in [5.41, 5.74) is 1.20. The van der Waals surface area contributed by atoms with E-state index in [0.717, 1.165) is 12.8 Å². The van der Waals surface area contributed by atoms with E-state index in [-0.39, 0.29) is 21.8 Å². The molecule has 1 saturated heterocycles. The summed E-state index contributed by atoms with van der Waals surface area (Å²) in [6, 6.07) is 17.5. The molecule has 1 aliphatic heterocycles. The average molecular weight is 576 g/mol. The molecule has 6 nitrogen and oxygen atoms in total. The van der Waals surface area contributed by atoms with Crippen LogP contribution in [0.1, 0.15) is 46.0 Å². The number of anilines is 1. The molecule has 0 radical (unpaired) electrons. The zero-order chi connectivity index (χ0) is 25.2. The van der Waals surface area contributed by atoms with Crippen LogP contribution in [0.2, 0.25) is 5.02 Å². The van der Waals surface area contributed by atoms with Crippen LogP contribution in [0, 0.1) is 5.92 Å². The van der Waals surface area contributed by atoms with E-state index in [0.29, 0.717) is 39.8 Å². The molecule has 3 aromatic rings. The fourth-order valence-electron chi connectivity index (χ4n) is 4.09. The second kappa shape index (κ2) is 10.6. The van der Waals surface area contributed by atoms with Gasteiger partial charge in [0.1, 0.15) is 0 Å². The second-order valence-corrected chi connectivity index (χ2v) is 11.8.